The van der Waals surface area contributed by atoms with Crippen LogP contribution >= 0.6 is 11.6 Å². The molecule has 0 bridgehead atoms. The Labute approximate surface area is 127 Å². The summed E-state index contributed by atoms with van der Waals surface area (Å²) in [6, 6.07) is 8.25. The van der Waals surface area contributed by atoms with Crippen LogP contribution in [0.2, 0.25) is 5.02 Å². The van der Waals surface area contributed by atoms with Crippen molar-refractivity contribution in [2.24, 2.45) is 7.05 Å². The van der Waals surface area contributed by atoms with Crippen LogP contribution in [-0.2, 0) is 11.8 Å². The van der Waals surface area contributed by atoms with Gasteiger partial charge >= 0.3 is 0 Å². The number of benzene rings is 1. The summed E-state index contributed by atoms with van der Waals surface area (Å²) in [5.41, 5.74) is 0.504. The van der Waals surface area contributed by atoms with Gasteiger partial charge in [0.05, 0.1) is 0 Å². The molecule has 2 rings (SSSR count). The minimum absolute atomic E-state index is 0.176. The number of rotatable bonds is 5. The number of carbonyl (C=O) groups excluding carboxylic acids is 2. The molecule has 0 aliphatic carbocycles. The molecule has 0 fully saturated rings. The van der Waals surface area contributed by atoms with Gasteiger partial charge in [-0.05, 0) is 24.3 Å². The fourth-order valence-corrected chi connectivity index (χ4v) is 1.81. The fourth-order valence-electron chi connectivity index (χ4n) is 1.68. The second kappa shape index (κ2) is 6.90. The van der Waals surface area contributed by atoms with Gasteiger partial charge in [0.1, 0.15) is 0 Å². The van der Waals surface area contributed by atoms with Crippen molar-refractivity contribution in [3.8, 4) is 0 Å². The number of carbonyl (C=O) groups is 2. The summed E-state index contributed by atoms with van der Waals surface area (Å²) in [7, 11) is 1.77. The van der Waals surface area contributed by atoms with Crippen molar-refractivity contribution in [1.29, 1.82) is 0 Å². The molecule has 0 radical (unpaired) electrons. The largest absolute Gasteiger partial charge is 0.352 e. The summed E-state index contributed by atoms with van der Waals surface area (Å²) in [5, 5.41) is 9.92. The highest BCUT2D eigenvalue weighted by atomic mass is 35.5. The lowest BCUT2D eigenvalue weighted by Crippen LogP contribution is -2.27. The molecule has 1 aromatic heterocycles. The maximum Gasteiger partial charge on any atom is 0.251 e. The molecule has 21 heavy (non-hydrogen) atoms. The number of anilines is 1. The molecule has 0 atom stereocenters. The zero-order chi connectivity index (χ0) is 15.2. The van der Waals surface area contributed by atoms with E-state index in [2.05, 4.69) is 15.7 Å². The smallest absolute Gasteiger partial charge is 0.251 e. The molecular weight excluding hydrogens is 292 g/mol. The van der Waals surface area contributed by atoms with Crippen LogP contribution in [0.3, 0.4) is 0 Å². The van der Waals surface area contributed by atoms with Crippen molar-refractivity contribution < 1.29 is 9.59 Å². The standard InChI is InChI=1S/C14H15ClN4O2/c1-19-9-7-12(18-19)17-13(20)6-8-16-14(21)10-2-4-11(15)5-3-10/h2-5,7,9H,6,8H2,1H3,(H,16,21)(H,17,18,20). The summed E-state index contributed by atoms with van der Waals surface area (Å²) in [6.07, 6.45) is 1.91. The molecule has 0 aliphatic heterocycles. The zero-order valence-corrected chi connectivity index (χ0v) is 12.2. The summed E-state index contributed by atoms with van der Waals surface area (Å²) in [5.74, 6) is 0.0499. The van der Waals surface area contributed by atoms with Gasteiger partial charge in [-0.25, -0.2) is 0 Å². The third-order valence-electron chi connectivity index (χ3n) is 2.73. The maximum atomic E-state index is 11.8. The van der Waals surface area contributed by atoms with Gasteiger partial charge in [0.15, 0.2) is 5.82 Å². The molecule has 110 valence electrons. The van der Waals surface area contributed by atoms with E-state index in [9.17, 15) is 9.59 Å². The van der Waals surface area contributed by atoms with Crippen molar-refractivity contribution in [1.82, 2.24) is 15.1 Å². The van der Waals surface area contributed by atoms with Gasteiger partial charge in [-0.15, -0.1) is 0 Å². The Morgan fingerprint density at radius 2 is 1.95 bits per heavy atom. The first kappa shape index (κ1) is 15.1. The topological polar surface area (TPSA) is 76.0 Å². The van der Waals surface area contributed by atoms with Crippen LogP contribution in [0.4, 0.5) is 5.82 Å². The Hall–Kier alpha value is -2.34. The Balaban J connectivity index is 1.74. The van der Waals surface area contributed by atoms with E-state index in [1.165, 1.54) is 0 Å². The quantitative estimate of drug-likeness (QED) is 0.885. The first-order valence-corrected chi connectivity index (χ1v) is 6.75. The average Bonchev–Trinajstić information content (AvgIpc) is 2.84. The number of hydrogen-bond acceptors (Lipinski definition) is 3. The summed E-state index contributed by atoms with van der Waals surface area (Å²) < 4.78 is 1.60. The number of hydrogen-bond donors (Lipinski definition) is 2. The summed E-state index contributed by atoms with van der Waals surface area (Å²) in [6.45, 7) is 0.250. The van der Waals surface area contributed by atoms with Crippen molar-refractivity contribution in [3.63, 3.8) is 0 Å². The van der Waals surface area contributed by atoms with Gasteiger partial charge in [-0.1, -0.05) is 11.6 Å². The van der Waals surface area contributed by atoms with Crippen LogP contribution in [0, 0.1) is 0 Å². The van der Waals surface area contributed by atoms with Crippen molar-refractivity contribution in [3.05, 3.63) is 47.1 Å². The molecule has 2 amide bonds. The molecule has 0 unspecified atom stereocenters. The number of amides is 2. The van der Waals surface area contributed by atoms with E-state index in [0.717, 1.165) is 0 Å². The van der Waals surface area contributed by atoms with Crippen LogP contribution in [0.5, 0.6) is 0 Å². The highest BCUT2D eigenvalue weighted by Crippen LogP contribution is 2.09. The van der Waals surface area contributed by atoms with Gasteiger partial charge in [0.2, 0.25) is 5.91 Å². The van der Waals surface area contributed by atoms with E-state index in [0.29, 0.717) is 16.4 Å². The normalized spacial score (nSPS) is 10.2. The minimum Gasteiger partial charge on any atom is -0.352 e. The highest BCUT2D eigenvalue weighted by molar-refractivity contribution is 6.30. The fraction of sp³-hybridized carbons (Fsp3) is 0.214. The van der Waals surface area contributed by atoms with Gasteiger partial charge in [-0.2, -0.15) is 5.10 Å². The Bertz CT molecular complexity index is 637. The second-order valence-electron chi connectivity index (χ2n) is 4.44. The third kappa shape index (κ3) is 4.61. The number of aromatic nitrogens is 2. The van der Waals surface area contributed by atoms with Gasteiger partial charge in [-0.3, -0.25) is 14.3 Å². The first-order chi connectivity index (χ1) is 10.0. The van der Waals surface area contributed by atoms with Crippen LogP contribution in [0.25, 0.3) is 0 Å². The van der Waals surface area contributed by atoms with E-state index in [4.69, 9.17) is 11.6 Å². The molecule has 7 heteroatoms. The molecule has 2 N–H and O–H groups in total. The number of aryl methyl sites for hydroxylation is 1. The average molecular weight is 307 g/mol. The van der Waals surface area contributed by atoms with Crippen molar-refractivity contribution in [2.75, 3.05) is 11.9 Å². The third-order valence-corrected chi connectivity index (χ3v) is 2.98. The molecule has 0 saturated heterocycles. The van der Waals surface area contributed by atoms with Crippen LogP contribution in [0.1, 0.15) is 16.8 Å². The van der Waals surface area contributed by atoms with Gasteiger partial charge in [0, 0.05) is 42.9 Å². The van der Waals surface area contributed by atoms with E-state index in [1.54, 1.807) is 48.3 Å². The maximum absolute atomic E-state index is 11.8. The van der Waals surface area contributed by atoms with Crippen LogP contribution in [-0.4, -0.2) is 28.1 Å². The van der Waals surface area contributed by atoms with Crippen LogP contribution < -0.4 is 10.6 Å². The van der Waals surface area contributed by atoms with Gasteiger partial charge < -0.3 is 10.6 Å². The monoisotopic (exact) mass is 306 g/mol. The Kier molecular flexibility index (Phi) is 4.94. The highest BCUT2D eigenvalue weighted by Gasteiger charge is 2.07. The number of nitrogens with one attached hydrogen (secondary N) is 2. The van der Waals surface area contributed by atoms with E-state index < -0.39 is 0 Å². The molecule has 0 spiro atoms. The lowest BCUT2D eigenvalue weighted by Gasteiger charge is -2.05. The molecule has 0 aliphatic rings. The SMILES string of the molecule is Cn1ccc(NC(=O)CCNC(=O)c2ccc(Cl)cc2)n1. The molecule has 0 saturated carbocycles. The number of nitrogens with zero attached hydrogens (tertiary/aromatic N) is 2. The van der Waals surface area contributed by atoms with E-state index in [1.807, 2.05) is 0 Å². The molecule has 2 aromatic rings. The predicted molar refractivity (Wildman–Crippen MR) is 80.2 cm³/mol. The number of halogens is 1. The van der Waals surface area contributed by atoms with Crippen molar-refractivity contribution >= 4 is 29.2 Å². The van der Waals surface area contributed by atoms with Crippen molar-refractivity contribution in [2.45, 2.75) is 6.42 Å². The lowest BCUT2D eigenvalue weighted by molar-refractivity contribution is -0.116. The Morgan fingerprint density at radius 3 is 2.57 bits per heavy atom. The molecule has 1 heterocycles. The summed E-state index contributed by atoms with van der Waals surface area (Å²) in [4.78, 5) is 23.5. The van der Waals surface area contributed by atoms with E-state index >= 15 is 0 Å². The predicted octanol–water partition coefficient (Wildman–Crippen LogP) is 1.83. The molecule has 6 nitrogen and oxygen atoms in total. The minimum atomic E-state index is -0.239. The molecular formula is C14H15ClN4O2. The summed E-state index contributed by atoms with van der Waals surface area (Å²) >= 11 is 5.75. The van der Waals surface area contributed by atoms with Gasteiger partial charge in [0.25, 0.3) is 5.91 Å². The lowest BCUT2D eigenvalue weighted by atomic mass is 10.2. The zero-order valence-electron chi connectivity index (χ0n) is 11.5. The van der Waals surface area contributed by atoms with Crippen LogP contribution in [0.15, 0.2) is 36.5 Å². The van der Waals surface area contributed by atoms with E-state index in [-0.39, 0.29) is 24.8 Å². The Morgan fingerprint density at radius 1 is 1.24 bits per heavy atom. The first-order valence-electron chi connectivity index (χ1n) is 6.38. The second-order valence-corrected chi connectivity index (χ2v) is 4.87. The molecule has 1 aromatic carbocycles.